The number of nitrogens with one attached hydrogen (secondary N) is 1. The zero-order valence-corrected chi connectivity index (χ0v) is 11.3. The molecule has 18 heavy (non-hydrogen) atoms. The van der Waals surface area contributed by atoms with Crippen molar-refractivity contribution in [2.45, 2.75) is 37.5 Å². The molecule has 0 bridgehead atoms. The molecule has 0 radical (unpaired) electrons. The minimum atomic E-state index is -0.420. The highest BCUT2D eigenvalue weighted by Crippen LogP contribution is 2.29. The van der Waals surface area contributed by atoms with E-state index < -0.39 is 6.10 Å². The van der Waals surface area contributed by atoms with Gasteiger partial charge in [-0.2, -0.15) is 0 Å². The lowest BCUT2D eigenvalue weighted by Gasteiger charge is -2.18. The Bertz CT molecular complexity index is 236. The molecule has 5 heteroatoms. The molecule has 0 amide bonds. The van der Waals surface area contributed by atoms with Crippen molar-refractivity contribution in [1.82, 2.24) is 10.2 Å². The second-order valence-corrected chi connectivity index (χ2v) is 5.34. The van der Waals surface area contributed by atoms with Crippen LogP contribution >= 0.6 is 0 Å². The van der Waals surface area contributed by atoms with Crippen LogP contribution in [0.25, 0.3) is 0 Å². The summed E-state index contributed by atoms with van der Waals surface area (Å²) < 4.78 is 10.2. The van der Waals surface area contributed by atoms with Gasteiger partial charge in [0.15, 0.2) is 0 Å². The molecule has 2 unspecified atom stereocenters. The van der Waals surface area contributed by atoms with Gasteiger partial charge in [0, 0.05) is 38.8 Å². The molecule has 2 rings (SSSR count). The first kappa shape index (κ1) is 14.2. The smallest absolute Gasteiger partial charge is 0.0897 e. The summed E-state index contributed by atoms with van der Waals surface area (Å²) in [5.74, 6) is 0. The molecule has 5 nitrogen and oxygen atoms in total. The average Bonchev–Trinajstić information content (AvgIpc) is 3.12. The zero-order chi connectivity index (χ0) is 12.8. The van der Waals surface area contributed by atoms with E-state index in [1.54, 1.807) is 7.11 Å². The van der Waals surface area contributed by atoms with Crippen molar-refractivity contribution in [1.29, 1.82) is 0 Å². The molecule has 1 heterocycles. The maximum Gasteiger partial charge on any atom is 0.0897 e. The molecule has 2 N–H and O–H groups in total. The Hall–Kier alpha value is -0.200. The molecule has 0 aromatic heterocycles. The molecule has 2 atom stereocenters. The van der Waals surface area contributed by atoms with Crippen LogP contribution in [0.1, 0.15) is 19.3 Å². The third-order valence-corrected chi connectivity index (χ3v) is 3.67. The van der Waals surface area contributed by atoms with E-state index in [4.69, 9.17) is 9.47 Å². The topological polar surface area (TPSA) is 54.0 Å². The summed E-state index contributed by atoms with van der Waals surface area (Å²) in [4.78, 5) is 2.57. The van der Waals surface area contributed by atoms with Crippen molar-refractivity contribution in [2.24, 2.45) is 0 Å². The largest absolute Gasteiger partial charge is 0.389 e. The predicted octanol–water partition coefficient (Wildman–Crippen LogP) is -0.163. The van der Waals surface area contributed by atoms with Gasteiger partial charge in [0.05, 0.1) is 25.9 Å². The number of aliphatic hydroxyl groups is 1. The van der Waals surface area contributed by atoms with Gasteiger partial charge in [0.1, 0.15) is 0 Å². The quantitative estimate of drug-likeness (QED) is 0.563. The third-order valence-electron chi connectivity index (χ3n) is 3.67. The van der Waals surface area contributed by atoms with E-state index in [2.05, 4.69) is 10.2 Å². The summed E-state index contributed by atoms with van der Waals surface area (Å²) in [6.45, 7) is 4.49. The van der Waals surface area contributed by atoms with Crippen LogP contribution in [0.15, 0.2) is 0 Å². The Balaban J connectivity index is 1.49. The van der Waals surface area contributed by atoms with E-state index in [0.717, 1.165) is 12.6 Å². The molecule has 1 aliphatic carbocycles. The third kappa shape index (κ3) is 4.82. The van der Waals surface area contributed by atoms with Crippen LogP contribution in [0.5, 0.6) is 0 Å². The molecule has 0 spiro atoms. The van der Waals surface area contributed by atoms with E-state index in [0.29, 0.717) is 32.4 Å². The second kappa shape index (κ2) is 7.40. The van der Waals surface area contributed by atoms with Gasteiger partial charge in [-0.15, -0.1) is 0 Å². The number of rotatable bonds is 9. The first-order chi connectivity index (χ1) is 8.79. The number of hydrogen-bond acceptors (Lipinski definition) is 5. The summed E-state index contributed by atoms with van der Waals surface area (Å²) in [6, 6.07) is 1.40. The lowest BCUT2D eigenvalue weighted by molar-refractivity contribution is 0.0130. The number of hydrogen-bond donors (Lipinski definition) is 2. The number of aliphatic hydroxyl groups excluding tert-OH is 1. The lowest BCUT2D eigenvalue weighted by atomic mass is 10.2. The van der Waals surface area contributed by atoms with Crippen LogP contribution in [0.3, 0.4) is 0 Å². The number of likely N-dealkylation sites (tertiary alicyclic amines) is 1. The van der Waals surface area contributed by atoms with Crippen molar-refractivity contribution < 1.29 is 14.6 Å². The van der Waals surface area contributed by atoms with E-state index in [-0.39, 0.29) is 0 Å². The van der Waals surface area contributed by atoms with E-state index in [1.165, 1.54) is 25.8 Å². The fourth-order valence-corrected chi connectivity index (χ4v) is 2.45. The Labute approximate surface area is 109 Å². The van der Waals surface area contributed by atoms with Crippen molar-refractivity contribution in [3.8, 4) is 0 Å². The summed E-state index contributed by atoms with van der Waals surface area (Å²) in [7, 11) is 1.65. The van der Waals surface area contributed by atoms with Gasteiger partial charge < -0.3 is 19.9 Å². The van der Waals surface area contributed by atoms with Crippen molar-refractivity contribution in [2.75, 3.05) is 46.6 Å². The Morgan fingerprint density at radius 2 is 2.17 bits per heavy atom. The summed E-state index contributed by atoms with van der Waals surface area (Å²) >= 11 is 0. The maximum atomic E-state index is 9.75. The van der Waals surface area contributed by atoms with E-state index >= 15 is 0 Å². The van der Waals surface area contributed by atoms with Crippen LogP contribution in [-0.2, 0) is 9.47 Å². The first-order valence-electron chi connectivity index (χ1n) is 7.01. The van der Waals surface area contributed by atoms with Crippen LogP contribution < -0.4 is 5.32 Å². The number of methoxy groups -OCH3 is 1. The molecule has 2 aliphatic rings. The monoisotopic (exact) mass is 258 g/mol. The highest BCUT2D eigenvalue weighted by molar-refractivity contribution is 4.91. The fraction of sp³-hybridized carbons (Fsp3) is 1.00. The molecule has 1 saturated heterocycles. The second-order valence-electron chi connectivity index (χ2n) is 5.34. The molecule has 1 saturated carbocycles. The maximum absolute atomic E-state index is 9.75. The minimum absolute atomic E-state index is 0.384. The SMILES string of the molecule is COCCOCC(O)CNC1CCN(C2CC2)C1. The van der Waals surface area contributed by atoms with Crippen LogP contribution in [-0.4, -0.2) is 74.8 Å². The van der Waals surface area contributed by atoms with E-state index in [9.17, 15) is 5.11 Å². The van der Waals surface area contributed by atoms with Gasteiger partial charge >= 0.3 is 0 Å². The zero-order valence-electron chi connectivity index (χ0n) is 11.3. The predicted molar refractivity (Wildman–Crippen MR) is 69.7 cm³/mol. The Morgan fingerprint density at radius 1 is 1.33 bits per heavy atom. The highest BCUT2D eigenvalue weighted by Gasteiger charge is 2.34. The van der Waals surface area contributed by atoms with Crippen molar-refractivity contribution in [3.63, 3.8) is 0 Å². The summed E-state index contributed by atoms with van der Waals surface area (Å²) in [5.41, 5.74) is 0. The fourth-order valence-electron chi connectivity index (χ4n) is 2.45. The minimum Gasteiger partial charge on any atom is -0.389 e. The molecular weight excluding hydrogens is 232 g/mol. The first-order valence-corrected chi connectivity index (χ1v) is 7.01. The van der Waals surface area contributed by atoms with Crippen molar-refractivity contribution in [3.05, 3.63) is 0 Å². The van der Waals surface area contributed by atoms with Crippen LogP contribution in [0, 0.1) is 0 Å². The Kier molecular flexibility index (Phi) is 5.85. The van der Waals surface area contributed by atoms with Gasteiger partial charge in [-0.1, -0.05) is 0 Å². The van der Waals surface area contributed by atoms with Gasteiger partial charge in [0.25, 0.3) is 0 Å². The number of nitrogens with zero attached hydrogens (tertiary/aromatic N) is 1. The molecule has 1 aliphatic heterocycles. The van der Waals surface area contributed by atoms with E-state index in [1.807, 2.05) is 0 Å². The van der Waals surface area contributed by atoms with Crippen LogP contribution in [0.2, 0.25) is 0 Å². The molecular formula is C13H26N2O3. The lowest BCUT2D eigenvalue weighted by Crippen LogP contribution is -2.39. The summed E-state index contributed by atoms with van der Waals surface area (Å²) in [5, 5.41) is 13.2. The standard InChI is InChI=1S/C13H26N2O3/c1-17-6-7-18-10-13(16)8-14-11-4-5-15(9-11)12-2-3-12/h11-14,16H,2-10H2,1H3. The molecule has 106 valence electrons. The molecule has 0 aromatic rings. The highest BCUT2D eigenvalue weighted by atomic mass is 16.5. The van der Waals surface area contributed by atoms with Crippen molar-refractivity contribution >= 4 is 0 Å². The average molecular weight is 258 g/mol. The van der Waals surface area contributed by atoms with Gasteiger partial charge in [-0.25, -0.2) is 0 Å². The van der Waals surface area contributed by atoms with Crippen LogP contribution in [0.4, 0.5) is 0 Å². The summed E-state index contributed by atoms with van der Waals surface area (Å²) in [6.07, 6.45) is 3.54. The normalized spacial score (nSPS) is 26.7. The van der Waals surface area contributed by atoms with Gasteiger partial charge in [-0.3, -0.25) is 4.90 Å². The molecule has 0 aromatic carbocycles. The van der Waals surface area contributed by atoms with Gasteiger partial charge in [-0.05, 0) is 19.3 Å². The number of ether oxygens (including phenoxy) is 2. The Morgan fingerprint density at radius 3 is 2.89 bits per heavy atom. The van der Waals surface area contributed by atoms with Gasteiger partial charge in [0.2, 0.25) is 0 Å². The molecule has 2 fully saturated rings.